The quantitative estimate of drug-likeness (QED) is 0.677. The summed E-state index contributed by atoms with van der Waals surface area (Å²) in [6, 6.07) is 10.7. The molecule has 30 heavy (non-hydrogen) atoms. The third kappa shape index (κ3) is 3.95. The van der Waals surface area contributed by atoms with Crippen molar-refractivity contribution < 1.29 is 18.7 Å². The molecule has 1 aliphatic heterocycles. The second-order valence-electron chi connectivity index (χ2n) is 7.89. The van der Waals surface area contributed by atoms with Crippen molar-refractivity contribution in [3.63, 3.8) is 0 Å². The second kappa shape index (κ2) is 8.76. The molecule has 2 aromatic rings. The Morgan fingerprint density at radius 3 is 2.70 bits per heavy atom. The van der Waals surface area contributed by atoms with Crippen LogP contribution in [0.15, 0.2) is 46.9 Å². The van der Waals surface area contributed by atoms with Crippen LogP contribution in [0.2, 0.25) is 0 Å². The molecule has 0 radical (unpaired) electrons. The Morgan fingerprint density at radius 1 is 1.17 bits per heavy atom. The molecule has 2 aliphatic rings. The molecule has 1 saturated carbocycles. The van der Waals surface area contributed by atoms with Gasteiger partial charge in [-0.25, -0.2) is 4.39 Å². The molecular weight excluding hydrogens is 451 g/mol. The van der Waals surface area contributed by atoms with Crippen LogP contribution in [0.1, 0.15) is 42.5 Å². The van der Waals surface area contributed by atoms with Crippen molar-refractivity contribution in [1.29, 1.82) is 0 Å². The maximum atomic E-state index is 13.6. The van der Waals surface area contributed by atoms with Gasteiger partial charge in [-0.05, 0) is 71.4 Å². The molecule has 2 fully saturated rings. The van der Waals surface area contributed by atoms with Gasteiger partial charge in [0.25, 0.3) is 5.91 Å². The van der Waals surface area contributed by atoms with Crippen molar-refractivity contribution >= 4 is 33.4 Å². The van der Waals surface area contributed by atoms with Crippen LogP contribution in [-0.4, -0.2) is 35.9 Å². The Morgan fingerprint density at radius 2 is 1.93 bits per heavy atom. The van der Waals surface area contributed by atoms with Crippen LogP contribution >= 0.6 is 15.9 Å². The topological polar surface area (TPSA) is 58.6 Å². The molecule has 3 unspecified atom stereocenters. The lowest BCUT2D eigenvalue weighted by Gasteiger charge is -2.34. The third-order valence-corrected chi connectivity index (χ3v) is 6.81. The summed E-state index contributed by atoms with van der Waals surface area (Å²) in [5.74, 6) is -0.00752. The molecular formula is C23H24BrFN2O3. The Labute approximate surface area is 183 Å². The van der Waals surface area contributed by atoms with Gasteiger partial charge < -0.3 is 15.0 Å². The molecule has 0 spiro atoms. The summed E-state index contributed by atoms with van der Waals surface area (Å²) >= 11 is 3.29. The van der Waals surface area contributed by atoms with E-state index in [1.807, 2.05) is 6.07 Å². The molecule has 2 amide bonds. The fourth-order valence-corrected chi connectivity index (χ4v) is 5.20. The average molecular weight is 475 g/mol. The summed E-state index contributed by atoms with van der Waals surface area (Å²) in [4.78, 5) is 28.6. The van der Waals surface area contributed by atoms with Crippen LogP contribution in [-0.2, 0) is 4.79 Å². The zero-order valence-electron chi connectivity index (χ0n) is 16.7. The van der Waals surface area contributed by atoms with Crippen molar-refractivity contribution in [2.24, 2.45) is 5.92 Å². The third-order valence-electron chi connectivity index (χ3n) is 6.15. The number of hydrogen-bond donors (Lipinski definition) is 1. The number of halogens is 2. The van der Waals surface area contributed by atoms with Gasteiger partial charge in [0.15, 0.2) is 0 Å². The molecule has 0 bridgehead atoms. The fraction of sp³-hybridized carbons (Fsp3) is 0.391. The molecule has 1 N–H and O–H groups in total. The van der Waals surface area contributed by atoms with E-state index in [-0.39, 0.29) is 23.7 Å². The minimum Gasteiger partial charge on any atom is -0.496 e. The molecule has 158 valence electrons. The Balaban J connectivity index is 1.64. The molecule has 2 aromatic carbocycles. The van der Waals surface area contributed by atoms with Crippen LogP contribution in [0.5, 0.6) is 5.75 Å². The van der Waals surface area contributed by atoms with Crippen LogP contribution in [0, 0.1) is 11.7 Å². The Kier molecular flexibility index (Phi) is 6.09. The van der Waals surface area contributed by atoms with E-state index < -0.39 is 6.04 Å². The number of anilines is 1. The summed E-state index contributed by atoms with van der Waals surface area (Å²) in [5, 5.41) is 2.88. The number of methoxy groups -OCH3 is 1. The van der Waals surface area contributed by atoms with Crippen LogP contribution < -0.4 is 10.1 Å². The highest BCUT2D eigenvalue weighted by Gasteiger charge is 2.48. The van der Waals surface area contributed by atoms with Gasteiger partial charge in [0, 0.05) is 10.5 Å². The van der Waals surface area contributed by atoms with Crippen molar-refractivity contribution in [2.45, 2.75) is 44.2 Å². The number of amides is 2. The number of nitrogens with zero attached hydrogens (tertiary/aromatic N) is 1. The maximum Gasteiger partial charge on any atom is 0.258 e. The van der Waals surface area contributed by atoms with E-state index in [0.717, 1.165) is 25.7 Å². The van der Waals surface area contributed by atoms with Crippen molar-refractivity contribution in [2.75, 3.05) is 12.4 Å². The monoisotopic (exact) mass is 474 g/mol. The van der Waals surface area contributed by atoms with E-state index in [9.17, 15) is 14.0 Å². The first-order chi connectivity index (χ1) is 14.5. The number of carbonyl (C=O) groups is 2. The van der Waals surface area contributed by atoms with Crippen LogP contribution in [0.3, 0.4) is 0 Å². The number of likely N-dealkylation sites (tertiary alicyclic amines) is 1. The smallest absolute Gasteiger partial charge is 0.258 e. The Bertz CT molecular complexity index is 967. The van der Waals surface area contributed by atoms with Crippen molar-refractivity contribution in [3.8, 4) is 5.75 Å². The predicted octanol–water partition coefficient (Wildman–Crippen LogP) is 5.01. The van der Waals surface area contributed by atoms with Crippen LogP contribution in [0.25, 0.3) is 0 Å². The first-order valence-corrected chi connectivity index (χ1v) is 11.0. The van der Waals surface area contributed by atoms with E-state index >= 15 is 0 Å². The number of carbonyl (C=O) groups excluding carboxylic acids is 2. The van der Waals surface area contributed by atoms with E-state index in [2.05, 4.69) is 21.2 Å². The summed E-state index contributed by atoms with van der Waals surface area (Å²) in [5.41, 5.74) is 0.952. The van der Waals surface area contributed by atoms with E-state index in [4.69, 9.17) is 4.74 Å². The van der Waals surface area contributed by atoms with Crippen molar-refractivity contribution in [3.05, 3.63) is 58.3 Å². The molecule has 3 atom stereocenters. The molecule has 4 rings (SSSR count). The molecule has 5 nitrogen and oxygen atoms in total. The Hall–Kier alpha value is -2.41. The first kappa shape index (κ1) is 20.8. The minimum atomic E-state index is -0.576. The molecule has 1 heterocycles. The number of hydrogen-bond acceptors (Lipinski definition) is 3. The zero-order valence-corrected chi connectivity index (χ0v) is 18.3. The lowest BCUT2D eigenvalue weighted by molar-refractivity contribution is -0.120. The number of fused-ring (bicyclic) bond motifs is 1. The second-order valence-corrected chi connectivity index (χ2v) is 8.74. The highest BCUT2D eigenvalue weighted by molar-refractivity contribution is 9.10. The van der Waals surface area contributed by atoms with Crippen LogP contribution in [0.4, 0.5) is 10.1 Å². The maximum absolute atomic E-state index is 13.6. The SMILES string of the molecule is COc1ccccc1C(=O)N1C(C(=O)Nc2ccc(F)cc2Br)CC2CCCCC21. The average Bonchev–Trinajstić information content (AvgIpc) is 3.15. The predicted molar refractivity (Wildman–Crippen MR) is 116 cm³/mol. The van der Waals surface area contributed by atoms with Gasteiger partial charge in [0.2, 0.25) is 5.91 Å². The van der Waals surface area contributed by atoms with Gasteiger partial charge in [-0.1, -0.05) is 25.0 Å². The van der Waals surface area contributed by atoms with E-state index in [1.165, 1.54) is 25.3 Å². The number of rotatable bonds is 4. The van der Waals surface area contributed by atoms with Gasteiger partial charge in [-0.3, -0.25) is 9.59 Å². The van der Waals surface area contributed by atoms with Gasteiger partial charge in [-0.2, -0.15) is 0 Å². The van der Waals surface area contributed by atoms with Gasteiger partial charge >= 0.3 is 0 Å². The summed E-state index contributed by atoms with van der Waals surface area (Å²) in [6.07, 6.45) is 4.72. The normalized spacial score (nSPS) is 23.0. The molecule has 0 aromatic heterocycles. The molecule has 7 heteroatoms. The summed E-state index contributed by atoms with van der Waals surface area (Å²) in [6.45, 7) is 0. The zero-order chi connectivity index (χ0) is 21.3. The fourth-order valence-electron chi connectivity index (χ4n) is 4.75. The van der Waals surface area contributed by atoms with E-state index in [0.29, 0.717) is 33.8 Å². The van der Waals surface area contributed by atoms with Gasteiger partial charge in [0.05, 0.1) is 18.4 Å². The molecule has 1 aliphatic carbocycles. The standard InChI is InChI=1S/C23H24BrFN2O3/c1-30-21-9-5-3-7-16(21)23(29)27-19-8-4-2-6-14(19)12-20(27)22(28)26-18-11-10-15(25)13-17(18)24/h3,5,7,9-11,13-14,19-20H,2,4,6,8,12H2,1H3,(H,26,28). The first-order valence-electron chi connectivity index (χ1n) is 10.2. The van der Waals surface area contributed by atoms with Gasteiger partial charge in [-0.15, -0.1) is 0 Å². The number of ether oxygens (including phenoxy) is 1. The highest BCUT2D eigenvalue weighted by atomic mass is 79.9. The lowest BCUT2D eigenvalue weighted by atomic mass is 9.84. The number of nitrogens with one attached hydrogen (secondary N) is 1. The number of para-hydroxylation sites is 1. The highest BCUT2D eigenvalue weighted by Crippen LogP contribution is 2.41. The minimum absolute atomic E-state index is 0.0450. The summed E-state index contributed by atoms with van der Waals surface area (Å²) in [7, 11) is 1.54. The lowest BCUT2D eigenvalue weighted by Crippen LogP contribution is -2.48. The largest absolute Gasteiger partial charge is 0.496 e. The summed E-state index contributed by atoms with van der Waals surface area (Å²) < 4.78 is 19.3. The molecule has 1 saturated heterocycles. The van der Waals surface area contributed by atoms with E-state index in [1.54, 1.807) is 23.1 Å². The van der Waals surface area contributed by atoms with Gasteiger partial charge in [0.1, 0.15) is 17.6 Å². The van der Waals surface area contributed by atoms with Crippen molar-refractivity contribution in [1.82, 2.24) is 4.90 Å². The number of benzene rings is 2.